The molecule has 0 amide bonds. The third kappa shape index (κ3) is 5.33. The van der Waals surface area contributed by atoms with Gasteiger partial charge in [0, 0.05) is 24.0 Å². The van der Waals surface area contributed by atoms with Gasteiger partial charge in [-0.3, -0.25) is 4.79 Å². The van der Waals surface area contributed by atoms with Crippen molar-refractivity contribution in [1.29, 1.82) is 0 Å². The van der Waals surface area contributed by atoms with Crippen molar-refractivity contribution in [3.63, 3.8) is 0 Å². The van der Waals surface area contributed by atoms with E-state index in [9.17, 15) is 4.79 Å². The summed E-state index contributed by atoms with van der Waals surface area (Å²) in [6.45, 7) is 2.24. The zero-order valence-corrected chi connectivity index (χ0v) is 15.8. The van der Waals surface area contributed by atoms with Gasteiger partial charge >= 0.3 is 0 Å². The van der Waals surface area contributed by atoms with Crippen molar-refractivity contribution in [2.45, 2.75) is 64.2 Å². The van der Waals surface area contributed by atoms with E-state index in [1.54, 1.807) is 0 Å². The number of unbranched alkanes of at least 4 members (excludes halogenated alkanes) is 2. The predicted molar refractivity (Wildman–Crippen MR) is 108 cm³/mol. The first kappa shape index (κ1) is 18.5. The number of aryl methyl sites for hydroxylation is 1. The van der Waals surface area contributed by atoms with E-state index in [1.165, 1.54) is 30.4 Å². The molecule has 0 atom stereocenters. The van der Waals surface area contributed by atoms with Crippen molar-refractivity contribution < 1.29 is 4.79 Å². The van der Waals surface area contributed by atoms with Gasteiger partial charge in [0.05, 0.1) is 0 Å². The number of rotatable bonds is 5. The van der Waals surface area contributed by atoms with Crippen LogP contribution in [0, 0.1) is 11.8 Å². The second-order valence-corrected chi connectivity index (χ2v) is 7.34. The Balaban J connectivity index is 1.58. The molecular formula is C25H28O. The number of hydrogen-bond donors (Lipinski definition) is 0. The van der Waals surface area contributed by atoms with Gasteiger partial charge in [-0.2, -0.15) is 0 Å². The van der Waals surface area contributed by atoms with Crippen LogP contribution in [0.1, 0.15) is 80.0 Å². The fraction of sp³-hybridized carbons (Fsp3) is 0.400. The summed E-state index contributed by atoms with van der Waals surface area (Å²) in [6.07, 6.45) is 8.46. The maximum absolute atomic E-state index is 11.4. The Labute approximate surface area is 157 Å². The molecule has 2 aromatic rings. The molecule has 134 valence electrons. The highest BCUT2D eigenvalue weighted by molar-refractivity contribution is 5.79. The zero-order valence-electron chi connectivity index (χ0n) is 15.8. The van der Waals surface area contributed by atoms with Crippen LogP contribution in [-0.4, -0.2) is 5.78 Å². The van der Waals surface area contributed by atoms with Crippen LogP contribution in [-0.2, 0) is 11.2 Å². The minimum absolute atomic E-state index is 0.417. The molecule has 1 aliphatic rings. The molecule has 0 aromatic heterocycles. The van der Waals surface area contributed by atoms with Crippen LogP contribution in [0.2, 0.25) is 0 Å². The van der Waals surface area contributed by atoms with Gasteiger partial charge < -0.3 is 0 Å². The summed E-state index contributed by atoms with van der Waals surface area (Å²) in [6, 6.07) is 17.2. The van der Waals surface area contributed by atoms with E-state index in [2.05, 4.69) is 67.3 Å². The molecule has 0 unspecified atom stereocenters. The van der Waals surface area contributed by atoms with Crippen molar-refractivity contribution in [2.75, 3.05) is 0 Å². The van der Waals surface area contributed by atoms with Crippen LogP contribution in [0.3, 0.4) is 0 Å². The van der Waals surface area contributed by atoms with Gasteiger partial charge in [0.15, 0.2) is 0 Å². The largest absolute Gasteiger partial charge is 0.300 e. The molecule has 0 spiro atoms. The van der Waals surface area contributed by atoms with Crippen molar-refractivity contribution >= 4 is 5.78 Å². The molecule has 1 fully saturated rings. The first-order valence-electron chi connectivity index (χ1n) is 9.97. The highest BCUT2D eigenvalue weighted by atomic mass is 16.1. The standard InChI is InChI=1S/C25H28O/c1-2-3-4-5-20-6-8-21(9-7-20)10-11-22-12-14-23(15-13-22)24-16-18-25(26)19-17-24/h6-9,12-15,24H,2-5,16-19H2,1H3. The maximum Gasteiger partial charge on any atom is 0.132 e. The topological polar surface area (TPSA) is 17.1 Å². The van der Waals surface area contributed by atoms with Gasteiger partial charge in [0.2, 0.25) is 0 Å². The third-order valence-corrected chi connectivity index (χ3v) is 5.30. The van der Waals surface area contributed by atoms with E-state index in [4.69, 9.17) is 0 Å². The SMILES string of the molecule is CCCCCc1ccc(C#Cc2ccc(C3CCC(=O)CC3)cc2)cc1. The Kier molecular flexibility index (Phi) is 6.67. The number of hydrogen-bond acceptors (Lipinski definition) is 1. The van der Waals surface area contributed by atoms with Crippen molar-refractivity contribution in [1.82, 2.24) is 0 Å². The molecule has 0 saturated heterocycles. The van der Waals surface area contributed by atoms with Gasteiger partial charge in [-0.15, -0.1) is 0 Å². The summed E-state index contributed by atoms with van der Waals surface area (Å²) in [7, 11) is 0. The van der Waals surface area contributed by atoms with Gasteiger partial charge in [-0.25, -0.2) is 0 Å². The van der Waals surface area contributed by atoms with E-state index in [0.717, 1.165) is 43.2 Å². The highest BCUT2D eigenvalue weighted by Crippen LogP contribution is 2.31. The predicted octanol–water partition coefficient (Wildman–Crippen LogP) is 6.05. The fourth-order valence-electron chi connectivity index (χ4n) is 3.59. The molecule has 1 heteroatoms. The fourth-order valence-corrected chi connectivity index (χ4v) is 3.59. The molecule has 1 nitrogen and oxygen atoms in total. The molecule has 0 N–H and O–H groups in total. The molecule has 1 aliphatic carbocycles. The summed E-state index contributed by atoms with van der Waals surface area (Å²) < 4.78 is 0. The quantitative estimate of drug-likeness (QED) is 0.477. The third-order valence-electron chi connectivity index (χ3n) is 5.30. The lowest BCUT2D eigenvalue weighted by Crippen LogP contribution is -2.12. The number of ketones is 1. The Bertz CT molecular complexity index is 762. The van der Waals surface area contributed by atoms with E-state index in [1.807, 2.05) is 0 Å². The number of carbonyl (C=O) groups excluding carboxylic acids is 1. The summed E-state index contributed by atoms with van der Waals surface area (Å²) in [5, 5.41) is 0. The van der Waals surface area contributed by atoms with Gasteiger partial charge in [-0.05, 0) is 67.0 Å². The number of carbonyl (C=O) groups is 1. The Morgan fingerprint density at radius 3 is 2.00 bits per heavy atom. The van der Waals surface area contributed by atoms with Crippen LogP contribution in [0.15, 0.2) is 48.5 Å². The number of Topliss-reactive ketones (excluding diaryl/α,β-unsaturated/α-hetero) is 1. The zero-order chi connectivity index (χ0) is 18.2. The van der Waals surface area contributed by atoms with Crippen LogP contribution in [0.25, 0.3) is 0 Å². The van der Waals surface area contributed by atoms with Crippen molar-refractivity contribution in [3.05, 3.63) is 70.8 Å². The molecular weight excluding hydrogens is 316 g/mol. The molecule has 0 heterocycles. The maximum atomic E-state index is 11.4. The number of benzene rings is 2. The van der Waals surface area contributed by atoms with Gasteiger partial charge in [0.1, 0.15) is 5.78 Å². The van der Waals surface area contributed by atoms with Gasteiger partial charge in [0.25, 0.3) is 0 Å². The van der Waals surface area contributed by atoms with Gasteiger partial charge in [-0.1, -0.05) is 55.9 Å². The van der Waals surface area contributed by atoms with Crippen molar-refractivity contribution in [3.8, 4) is 11.8 Å². The molecule has 1 saturated carbocycles. The minimum atomic E-state index is 0.417. The Morgan fingerprint density at radius 2 is 1.42 bits per heavy atom. The van der Waals surface area contributed by atoms with E-state index < -0.39 is 0 Å². The molecule has 0 aliphatic heterocycles. The lowest BCUT2D eigenvalue weighted by Gasteiger charge is -2.21. The van der Waals surface area contributed by atoms with E-state index >= 15 is 0 Å². The lowest BCUT2D eigenvalue weighted by molar-refractivity contribution is -0.120. The summed E-state index contributed by atoms with van der Waals surface area (Å²) in [5.74, 6) is 7.49. The first-order valence-corrected chi connectivity index (χ1v) is 9.97. The molecule has 26 heavy (non-hydrogen) atoms. The minimum Gasteiger partial charge on any atom is -0.300 e. The lowest BCUT2D eigenvalue weighted by atomic mass is 9.83. The average molecular weight is 344 g/mol. The second-order valence-electron chi connectivity index (χ2n) is 7.34. The molecule has 3 rings (SSSR count). The average Bonchev–Trinajstić information content (AvgIpc) is 2.69. The smallest absolute Gasteiger partial charge is 0.132 e. The Hall–Kier alpha value is -2.33. The van der Waals surface area contributed by atoms with Crippen molar-refractivity contribution in [2.24, 2.45) is 0 Å². The first-order chi connectivity index (χ1) is 12.7. The van der Waals surface area contributed by atoms with Crippen LogP contribution >= 0.6 is 0 Å². The molecule has 0 radical (unpaired) electrons. The summed E-state index contributed by atoms with van der Waals surface area (Å²) >= 11 is 0. The Morgan fingerprint density at radius 1 is 0.846 bits per heavy atom. The monoisotopic (exact) mass is 344 g/mol. The van der Waals surface area contributed by atoms with E-state index in [0.29, 0.717) is 11.7 Å². The molecule has 0 bridgehead atoms. The molecule has 2 aromatic carbocycles. The normalized spacial score (nSPS) is 14.7. The van der Waals surface area contributed by atoms with Crippen LogP contribution in [0.5, 0.6) is 0 Å². The van der Waals surface area contributed by atoms with Crippen LogP contribution < -0.4 is 0 Å². The van der Waals surface area contributed by atoms with E-state index in [-0.39, 0.29) is 0 Å². The van der Waals surface area contributed by atoms with Crippen LogP contribution in [0.4, 0.5) is 0 Å². The summed E-state index contributed by atoms with van der Waals surface area (Å²) in [4.78, 5) is 11.4. The highest BCUT2D eigenvalue weighted by Gasteiger charge is 2.19. The second kappa shape index (κ2) is 9.39. The summed E-state index contributed by atoms with van der Waals surface area (Å²) in [5.41, 5.74) is 4.87.